The summed E-state index contributed by atoms with van der Waals surface area (Å²) in [6.45, 7) is 3.74. The number of hydrogen-bond acceptors (Lipinski definition) is 6. The van der Waals surface area contributed by atoms with E-state index < -0.39 is 0 Å². The average Bonchev–Trinajstić information content (AvgIpc) is 3.17. The highest BCUT2D eigenvalue weighted by molar-refractivity contribution is 7.22. The zero-order chi connectivity index (χ0) is 16.7. The summed E-state index contributed by atoms with van der Waals surface area (Å²) in [7, 11) is 0. The quantitative estimate of drug-likeness (QED) is 0.928. The molecule has 6 nitrogen and oxygen atoms in total. The molecule has 1 N–H and O–H groups in total. The number of piperidine rings is 1. The zero-order valence-corrected chi connectivity index (χ0v) is 14.3. The Labute approximate surface area is 144 Å². The lowest BCUT2D eigenvalue weighted by Crippen LogP contribution is -2.34. The number of amides is 1. The normalized spacial score (nSPS) is 26.2. The fourth-order valence-corrected chi connectivity index (χ4v) is 4.26. The molecule has 24 heavy (non-hydrogen) atoms. The topological polar surface area (TPSA) is 81.9 Å². The monoisotopic (exact) mass is 341 g/mol. The van der Waals surface area contributed by atoms with Crippen LogP contribution in [0.3, 0.4) is 0 Å². The van der Waals surface area contributed by atoms with Crippen molar-refractivity contribution in [3.05, 3.63) is 12.3 Å². The first kappa shape index (κ1) is 15.3. The average molecular weight is 341 g/mol. The van der Waals surface area contributed by atoms with E-state index in [1.807, 2.05) is 6.07 Å². The van der Waals surface area contributed by atoms with Gasteiger partial charge in [-0.15, -0.1) is 0 Å². The van der Waals surface area contributed by atoms with Gasteiger partial charge in [0.05, 0.1) is 22.2 Å². The molecule has 2 aliphatic rings. The Kier molecular flexibility index (Phi) is 3.85. The fraction of sp³-hybridized carbons (Fsp3) is 0.529. The molecule has 1 saturated carbocycles. The summed E-state index contributed by atoms with van der Waals surface area (Å²) in [5.74, 6) is 1.32. The predicted molar refractivity (Wildman–Crippen MR) is 93.9 cm³/mol. The second-order valence-electron chi connectivity index (χ2n) is 6.73. The Bertz CT molecular complexity index is 826. The van der Waals surface area contributed by atoms with Gasteiger partial charge in [-0.2, -0.15) is 5.26 Å². The Morgan fingerprint density at radius 2 is 2.38 bits per heavy atom. The molecular weight excluding hydrogens is 322 g/mol. The van der Waals surface area contributed by atoms with Gasteiger partial charge in [-0.3, -0.25) is 4.79 Å². The SMILES string of the molecule is CC1CC1C(=O)Nc1nccc2nc(N3CCCC(C#N)C3)sc12. The van der Waals surface area contributed by atoms with Gasteiger partial charge in [0.15, 0.2) is 10.9 Å². The van der Waals surface area contributed by atoms with Crippen LogP contribution in [-0.4, -0.2) is 29.0 Å². The van der Waals surface area contributed by atoms with Gasteiger partial charge in [0.25, 0.3) is 0 Å². The Morgan fingerprint density at radius 1 is 1.54 bits per heavy atom. The first-order chi connectivity index (χ1) is 11.7. The van der Waals surface area contributed by atoms with E-state index in [1.165, 1.54) is 0 Å². The van der Waals surface area contributed by atoms with Crippen LogP contribution in [0.25, 0.3) is 10.2 Å². The molecule has 3 heterocycles. The number of thiazole rings is 1. The van der Waals surface area contributed by atoms with Gasteiger partial charge >= 0.3 is 0 Å². The second-order valence-corrected chi connectivity index (χ2v) is 7.70. The molecule has 124 valence electrons. The molecule has 3 atom stereocenters. The van der Waals surface area contributed by atoms with Crippen molar-refractivity contribution in [3.63, 3.8) is 0 Å². The van der Waals surface area contributed by atoms with E-state index in [9.17, 15) is 4.79 Å². The van der Waals surface area contributed by atoms with Gasteiger partial charge in [-0.05, 0) is 31.2 Å². The van der Waals surface area contributed by atoms with Gasteiger partial charge in [-0.25, -0.2) is 9.97 Å². The number of hydrogen-bond donors (Lipinski definition) is 1. The molecule has 1 aliphatic carbocycles. The number of rotatable bonds is 3. The molecule has 1 saturated heterocycles. The minimum Gasteiger partial charge on any atom is -0.347 e. The van der Waals surface area contributed by atoms with Gasteiger partial charge in [0.1, 0.15) is 0 Å². The van der Waals surface area contributed by atoms with Gasteiger partial charge in [0, 0.05) is 25.2 Å². The van der Waals surface area contributed by atoms with E-state index in [2.05, 4.69) is 28.2 Å². The van der Waals surface area contributed by atoms with E-state index >= 15 is 0 Å². The number of anilines is 2. The maximum Gasteiger partial charge on any atom is 0.228 e. The molecule has 0 spiro atoms. The number of nitrogens with one attached hydrogen (secondary N) is 1. The summed E-state index contributed by atoms with van der Waals surface area (Å²) in [6.07, 6.45) is 4.61. The van der Waals surface area contributed by atoms with Crippen LogP contribution in [0.1, 0.15) is 26.2 Å². The number of nitrogens with zero attached hydrogens (tertiary/aromatic N) is 4. The highest BCUT2D eigenvalue weighted by Crippen LogP contribution is 2.39. The van der Waals surface area contributed by atoms with Gasteiger partial charge in [-0.1, -0.05) is 18.3 Å². The summed E-state index contributed by atoms with van der Waals surface area (Å²) in [5, 5.41) is 13.0. The highest BCUT2D eigenvalue weighted by Gasteiger charge is 2.39. The molecule has 3 unspecified atom stereocenters. The Hall–Kier alpha value is -2.20. The summed E-state index contributed by atoms with van der Waals surface area (Å²) in [6, 6.07) is 4.24. The van der Waals surface area contributed by atoms with Crippen molar-refractivity contribution in [2.24, 2.45) is 17.8 Å². The van der Waals surface area contributed by atoms with Crippen molar-refractivity contribution in [2.45, 2.75) is 26.2 Å². The minimum absolute atomic E-state index is 0.0555. The van der Waals surface area contributed by atoms with Crippen LogP contribution < -0.4 is 10.2 Å². The number of carbonyl (C=O) groups is 1. The first-order valence-electron chi connectivity index (χ1n) is 8.36. The Morgan fingerprint density at radius 3 is 3.12 bits per heavy atom. The van der Waals surface area contributed by atoms with E-state index in [0.29, 0.717) is 11.7 Å². The molecular formula is C17H19N5OS. The number of nitriles is 1. The molecule has 0 radical (unpaired) electrons. The minimum atomic E-state index is 0.0555. The number of aromatic nitrogens is 2. The van der Waals surface area contributed by atoms with E-state index in [1.54, 1.807) is 17.5 Å². The van der Waals surface area contributed by atoms with Crippen LogP contribution >= 0.6 is 11.3 Å². The van der Waals surface area contributed by atoms with Crippen LogP contribution in [0.5, 0.6) is 0 Å². The van der Waals surface area contributed by atoms with Crippen LogP contribution in [-0.2, 0) is 4.79 Å². The van der Waals surface area contributed by atoms with Crippen molar-refractivity contribution in [3.8, 4) is 6.07 Å². The molecule has 0 bridgehead atoms. The smallest absolute Gasteiger partial charge is 0.228 e. The van der Waals surface area contributed by atoms with Gasteiger partial charge in [0.2, 0.25) is 5.91 Å². The number of pyridine rings is 1. The fourth-order valence-electron chi connectivity index (χ4n) is 3.22. The molecule has 2 aromatic heterocycles. The van der Waals surface area contributed by atoms with E-state index in [-0.39, 0.29) is 17.7 Å². The van der Waals surface area contributed by atoms with Crippen molar-refractivity contribution in [1.82, 2.24) is 9.97 Å². The lowest BCUT2D eigenvalue weighted by atomic mass is 10.0. The van der Waals surface area contributed by atoms with E-state index in [0.717, 1.165) is 47.7 Å². The Balaban J connectivity index is 1.60. The highest BCUT2D eigenvalue weighted by atomic mass is 32.1. The number of fused-ring (bicyclic) bond motifs is 1. The molecule has 4 rings (SSSR count). The number of carbonyl (C=O) groups excluding carboxylic acids is 1. The predicted octanol–water partition coefficient (Wildman–Crippen LogP) is 3.03. The summed E-state index contributed by atoms with van der Waals surface area (Å²) in [5.41, 5.74) is 0.850. The maximum absolute atomic E-state index is 12.2. The van der Waals surface area contributed by atoms with Crippen LogP contribution in [0, 0.1) is 29.1 Å². The van der Waals surface area contributed by atoms with Crippen molar-refractivity contribution >= 4 is 38.4 Å². The van der Waals surface area contributed by atoms with Crippen molar-refractivity contribution in [2.75, 3.05) is 23.3 Å². The third kappa shape index (κ3) is 2.82. The molecule has 2 fully saturated rings. The lowest BCUT2D eigenvalue weighted by Gasteiger charge is -2.28. The first-order valence-corrected chi connectivity index (χ1v) is 9.18. The summed E-state index contributed by atoms with van der Waals surface area (Å²) in [4.78, 5) is 23.4. The third-order valence-corrected chi connectivity index (χ3v) is 5.99. The van der Waals surface area contributed by atoms with Crippen molar-refractivity contribution in [1.29, 1.82) is 5.26 Å². The molecule has 7 heteroatoms. The van der Waals surface area contributed by atoms with Crippen LogP contribution in [0.4, 0.5) is 10.9 Å². The molecule has 1 aliphatic heterocycles. The zero-order valence-electron chi connectivity index (χ0n) is 13.5. The maximum atomic E-state index is 12.2. The lowest BCUT2D eigenvalue weighted by molar-refractivity contribution is -0.117. The largest absolute Gasteiger partial charge is 0.347 e. The van der Waals surface area contributed by atoms with Gasteiger partial charge < -0.3 is 10.2 Å². The van der Waals surface area contributed by atoms with Crippen molar-refractivity contribution < 1.29 is 4.79 Å². The standard InChI is InChI=1S/C17H19N5OS/c1-10-7-12(10)16(23)21-15-14-13(4-5-19-15)20-17(24-14)22-6-2-3-11(8-18)9-22/h4-5,10-12H,2-3,6-7,9H2,1H3,(H,19,21,23). The molecule has 2 aromatic rings. The summed E-state index contributed by atoms with van der Waals surface area (Å²) >= 11 is 1.55. The molecule has 1 amide bonds. The van der Waals surface area contributed by atoms with Crippen LogP contribution in [0.15, 0.2) is 12.3 Å². The molecule has 0 aromatic carbocycles. The van der Waals surface area contributed by atoms with E-state index in [4.69, 9.17) is 10.2 Å². The van der Waals surface area contributed by atoms with Crippen LogP contribution in [0.2, 0.25) is 0 Å². The third-order valence-electron chi connectivity index (χ3n) is 4.86. The summed E-state index contributed by atoms with van der Waals surface area (Å²) < 4.78 is 0.910. The second kappa shape index (κ2) is 6.02.